The number of aromatic hydroxyl groups is 1. The van der Waals surface area contributed by atoms with E-state index in [4.69, 9.17) is 14.5 Å². The SMILES string of the molecule is COC(=O)CCc1cc2c(OC[C@@]34CCCN3C[C@H](F)C4)nc3c(F)c(-c4cc(O)cc5ccccc45)ncc3c2n1C1C2CNC1C2. The molecule has 0 amide bonds. The number of halogens is 2. The highest BCUT2D eigenvalue weighted by Gasteiger charge is 2.50. The molecule has 0 spiro atoms. The fraction of sp³-hybridized carbons (Fsp3) is 0.432. The fourth-order valence-corrected chi connectivity index (χ4v) is 9.08. The van der Waals surface area contributed by atoms with E-state index in [2.05, 4.69) is 19.8 Å². The van der Waals surface area contributed by atoms with Crippen LogP contribution in [0.5, 0.6) is 11.6 Å². The molecule has 4 aliphatic heterocycles. The number of hydrogen-bond acceptors (Lipinski definition) is 8. The van der Waals surface area contributed by atoms with E-state index in [0.717, 1.165) is 59.7 Å². The van der Waals surface area contributed by atoms with Crippen molar-refractivity contribution >= 4 is 38.5 Å². The lowest BCUT2D eigenvalue weighted by Crippen LogP contribution is -2.43. The van der Waals surface area contributed by atoms with Crippen LogP contribution in [0.2, 0.25) is 0 Å². The first-order valence-electron chi connectivity index (χ1n) is 16.9. The first kappa shape index (κ1) is 29.8. The number of carbonyl (C=O) groups is 1. The third kappa shape index (κ3) is 4.50. The number of benzene rings is 2. The Kier molecular flexibility index (Phi) is 6.88. The number of nitrogens with one attached hydrogen (secondary N) is 1. The maximum absolute atomic E-state index is 17.0. The van der Waals surface area contributed by atoms with Crippen molar-refractivity contribution in [1.29, 1.82) is 0 Å². The highest BCUT2D eigenvalue weighted by atomic mass is 19.1. The summed E-state index contributed by atoms with van der Waals surface area (Å²) in [6, 6.07) is 13.1. The number of ether oxygens (including phenoxy) is 2. The quantitative estimate of drug-likeness (QED) is 0.202. The van der Waals surface area contributed by atoms with Crippen molar-refractivity contribution in [2.45, 2.75) is 62.3 Å². The number of methoxy groups -OCH3 is 1. The first-order valence-corrected chi connectivity index (χ1v) is 16.9. The minimum Gasteiger partial charge on any atom is -0.508 e. The van der Waals surface area contributed by atoms with Gasteiger partial charge in [0.15, 0.2) is 5.82 Å². The van der Waals surface area contributed by atoms with Gasteiger partial charge in [-0.25, -0.2) is 13.8 Å². The Morgan fingerprint density at radius 3 is 2.88 bits per heavy atom. The summed E-state index contributed by atoms with van der Waals surface area (Å²) < 4.78 is 45.6. The maximum atomic E-state index is 17.0. The Morgan fingerprint density at radius 1 is 1.19 bits per heavy atom. The Labute approximate surface area is 275 Å². The smallest absolute Gasteiger partial charge is 0.305 e. The van der Waals surface area contributed by atoms with Gasteiger partial charge in [-0.1, -0.05) is 24.3 Å². The Bertz CT molecular complexity index is 2110. The second-order valence-corrected chi connectivity index (χ2v) is 14.0. The van der Waals surface area contributed by atoms with Gasteiger partial charge in [-0.05, 0) is 67.1 Å². The molecule has 0 radical (unpaired) electrons. The highest BCUT2D eigenvalue weighted by Crippen LogP contribution is 2.49. The largest absolute Gasteiger partial charge is 0.508 e. The number of pyridine rings is 2. The molecule has 1 aliphatic carbocycles. The van der Waals surface area contributed by atoms with E-state index in [1.54, 1.807) is 12.3 Å². The molecule has 5 aromatic rings. The van der Waals surface area contributed by atoms with Gasteiger partial charge in [0.05, 0.1) is 36.0 Å². The molecular formula is C37H37F2N5O4. The number of aryl methyl sites for hydroxylation is 1. The van der Waals surface area contributed by atoms with Gasteiger partial charge in [-0.3, -0.25) is 14.7 Å². The molecule has 2 bridgehead atoms. The van der Waals surface area contributed by atoms with E-state index >= 15 is 4.39 Å². The van der Waals surface area contributed by atoms with Crippen LogP contribution in [0, 0.1) is 11.7 Å². The summed E-state index contributed by atoms with van der Waals surface area (Å²) in [5.41, 5.74) is 1.94. The van der Waals surface area contributed by atoms with Gasteiger partial charge in [0.25, 0.3) is 0 Å². The van der Waals surface area contributed by atoms with Crippen LogP contribution in [0.25, 0.3) is 43.8 Å². The van der Waals surface area contributed by atoms with Crippen LogP contribution < -0.4 is 10.1 Å². The molecular weight excluding hydrogens is 616 g/mol. The molecule has 2 aromatic carbocycles. The lowest BCUT2D eigenvalue weighted by molar-refractivity contribution is -0.140. The summed E-state index contributed by atoms with van der Waals surface area (Å²) in [6.07, 6.45) is 4.65. The molecule has 48 heavy (non-hydrogen) atoms. The van der Waals surface area contributed by atoms with Crippen molar-refractivity contribution in [3.63, 3.8) is 0 Å². The Balaban J connectivity index is 1.26. The van der Waals surface area contributed by atoms with Crippen molar-refractivity contribution < 1.29 is 28.2 Å². The van der Waals surface area contributed by atoms with Gasteiger partial charge < -0.3 is 24.5 Å². The van der Waals surface area contributed by atoms with Gasteiger partial charge in [0, 0.05) is 48.4 Å². The predicted molar refractivity (Wildman–Crippen MR) is 177 cm³/mol. The molecule has 10 rings (SSSR count). The molecule has 5 aliphatic rings. The van der Waals surface area contributed by atoms with Crippen molar-refractivity contribution in [2.24, 2.45) is 5.92 Å². The van der Waals surface area contributed by atoms with E-state index in [1.807, 2.05) is 30.3 Å². The number of esters is 1. The molecule has 7 heterocycles. The molecule has 5 fully saturated rings. The monoisotopic (exact) mass is 653 g/mol. The van der Waals surface area contributed by atoms with Crippen LogP contribution in [0.4, 0.5) is 8.78 Å². The van der Waals surface area contributed by atoms with E-state index < -0.39 is 17.5 Å². The summed E-state index contributed by atoms with van der Waals surface area (Å²) in [5.74, 6) is -0.220. The van der Waals surface area contributed by atoms with Gasteiger partial charge in [-0.2, -0.15) is 0 Å². The van der Waals surface area contributed by atoms with Crippen LogP contribution in [-0.4, -0.2) is 81.6 Å². The molecule has 5 atom stereocenters. The third-order valence-electron chi connectivity index (χ3n) is 11.4. The number of fused-ring (bicyclic) bond motifs is 6. The number of hydrogen-bond donors (Lipinski definition) is 2. The van der Waals surface area contributed by atoms with E-state index in [0.29, 0.717) is 36.3 Å². The zero-order valence-corrected chi connectivity index (χ0v) is 26.7. The average Bonchev–Trinajstić information content (AvgIpc) is 3.90. The summed E-state index contributed by atoms with van der Waals surface area (Å²) in [5, 5.41) is 17.0. The minimum absolute atomic E-state index is 0.0117. The molecule has 4 saturated heterocycles. The van der Waals surface area contributed by atoms with E-state index in [9.17, 15) is 14.3 Å². The molecule has 248 valence electrons. The number of alkyl halides is 1. The maximum Gasteiger partial charge on any atom is 0.305 e. The number of rotatable bonds is 8. The molecule has 3 unspecified atom stereocenters. The number of nitrogens with zero attached hydrogens (tertiary/aromatic N) is 4. The number of aromatic nitrogens is 3. The summed E-state index contributed by atoms with van der Waals surface area (Å²) in [4.78, 5) is 24.1. The van der Waals surface area contributed by atoms with Crippen molar-refractivity contribution in [3.8, 4) is 22.9 Å². The third-order valence-corrected chi connectivity index (χ3v) is 11.4. The fourth-order valence-electron chi connectivity index (χ4n) is 9.08. The average molecular weight is 654 g/mol. The Hall–Kier alpha value is -4.35. The molecule has 2 N–H and O–H groups in total. The van der Waals surface area contributed by atoms with Gasteiger partial charge >= 0.3 is 5.97 Å². The number of carbonyl (C=O) groups excluding carboxylic acids is 1. The van der Waals surface area contributed by atoms with Crippen molar-refractivity contribution in [1.82, 2.24) is 24.8 Å². The minimum atomic E-state index is -0.908. The predicted octanol–water partition coefficient (Wildman–Crippen LogP) is 5.84. The molecule has 9 nitrogen and oxygen atoms in total. The van der Waals surface area contributed by atoms with E-state index in [1.165, 1.54) is 13.2 Å². The first-order chi connectivity index (χ1) is 23.3. The lowest BCUT2D eigenvalue weighted by Gasteiger charge is -2.38. The Morgan fingerprint density at radius 2 is 2.06 bits per heavy atom. The molecule has 3 aromatic heterocycles. The zero-order valence-electron chi connectivity index (χ0n) is 26.7. The lowest BCUT2D eigenvalue weighted by atomic mass is 9.79. The van der Waals surface area contributed by atoms with Gasteiger partial charge in [0.2, 0.25) is 5.88 Å². The summed E-state index contributed by atoms with van der Waals surface area (Å²) in [6.45, 7) is 2.37. The van der Waals surface area contributed by atoms with Gasteiger partial charge in [0.1, 0.15) is 29.7 Å². The molecule has 1 saturated carbocycles. The summed E-state index contributed by atoms with van der Waals surface area (Å²) in [7, 11) is 1.38. The normalized spacial score (nSPS) is 26.4. The van der Waals surface area contributed by atoms with Crippen molar-refractivity contribution in [3.05, 3.63) is 60.2 Å². The topological polar surface area (TPSA) is 102 Å². The van der Waals surface area contributed by atoms with Crippen molar-refractivity contribution in [2.75, 3.05) is 33.4 Å². The molecule has 11 heteroatoms. The number of phenolic OH excluding ortho intramolecular Hbond substituents is 1. The van der Waals surface area contributed by atoms with Crippen LogP contribution in [0.1, 0.15) is 43.8 Å². The van der Waals surface area contributed by atoms with Crippen LogP contribution in [-0.2, 0) is 16.0 Å². The standard InChI is InChI=1S/C37H37F2N5O4/c1-47-30(46)8-7-23-13-27-35(44(23)34-21-12-29(34)40-16-21)28-17-41-32(26-14-24(45)11-20-5-2-3-6-25(20)26)31(39)33(28)42-36(27)48-19-37-9-4-10-43(37)18-22(38)15-37/h2-3,5-6,11,13-14,17,21-22,29,34,40,45H,4,7-10,12,15-16,18-19H2,1H3/t21?,22-,29?,34?,37+/m1/s1. The second kappa shape index (κ2) is 11.1. The van der Waals surface area contributed by atoms with Crippen LogP contribution in [0.3, 0.4) is 0 Å². The van der Waals surface area contributed by atoms with E-state index in [-0.39, 0.29) is 53.9 Å². The highest BCUT2D eigenvalue weighted by molar-refractivity contribution is 6.08. The van der Waals surface area contributed by atoms with Crippen LogP contribution in [0.15, 0.2) is 48.7 Å². The van der Waals surface area contributed by atoms with Gasteiger partial charge in [-0.15, -0.1) is 0 Å². The second-order valence-electron chi connectivity index (χ2n) is 14.0. The summed E-state index contributed by atoms with van der Waals surface area (Å²) >= 11 is 0. The zero-order chi connectivity index (χ0) is 32.7. The number of phenols is 1. The van der Waals surface area contributed by atoms with Crippen LogP contribution >= 0.6 is 0 Å².